The number of rotatable bonds is 5. The smallest absolute Gasteiger partial charge is 0.105 e. The number of alkyl halides is 1. The second kappa shape index (κ2) is 6.59. The molecule has 3 N–H and O–H groups in total. The van der Waals surface area contributed by atoms with Crippen LogP contribution in [-0.2, 0) is 6.61 Å². The van der Waals surface area contributed by atoms with E-state index in [2.05, 4.69) is 4.98 Å². The Kier molecular flexibility index (Phi) is 4.82. The molecule has 1 aromatic carbocycles. The third-order valence-corrected chi connectivity index (χ3v) is 3.58. The number of pyridine rings is 1. The van der Waals surface area contributed by atoms with Crippen LogP contribution in [0.25, 0.3) is 11.1 Å². The van der Waals surface area contributed by atoms with Gasteiger partial charge in [-0.05, 0) is 23.1 Å². The Morgan fingerprint density at radius 1 is 1.15 bits per heavy atom. The molecule has 3 nitrogen and oxygen atoms in total. The van der Waals surface area contributed by atoms with Crippen molar-refractivity contribution in [1.82, 2.24) is 4.98 Å². The third kappa shape index (κ3) is 3.21. The number of aromatic nitrogens is 1. The van der Waals surface area contributed by atoms with Gasteiger partial charge in [-0.1, -0.05) is 37.3 Å². The van der Waals surface area contributed by atoms with Gasteiger partial charge in [-0.25, -0.2) is 4.39 Å². The minimum Gasteiger partial charge on any atom is -0.390 e. The van der Waals surface area contributed by atoms with Crippen LogP contribution >= 0.6 is 0 Å². The van der Waals surface area contributed by atoms with E-state index < -0.39 is 12.7 Å². The maximum atomic E-state index is 12.6. The van der Waals surface area contributed by atoms with E-state index in [-0.39, 0.29) is 12.5 Å². The Labute approximate surface area is 118 Å². The van der Waals surface area contributed by atoms with Crippen molar-refractivity contribution in [3.05, 3.63) is 53.9 Å². The van der Waals surface area contributed by atoms with Crippen molar-refractivity contribution in [2.45, 2.75) is 25.5 Å². The van der Waals surface area contributed by atoms with Crippen LogP contribution in [0.4, 0.5) is 4.39 Å². The molecule has 0 spiro atoms. The van der Waals surface area contributed by atoms with Crippen LogP contribution < -0.4 is 5.73 Å². The summed E-state index contributed by atoms with van der Waals surface area (Å²) in [5, 5.41) is 8.97. The minimum absolute atomic E-state index is 0.0102. The fourth-order valence-electron chi connectivity index (χ4n) is 2.05. The molecule has 106 valence electrons. The van der Waals surface area contributed by atoms with Crippen LogP contribution in [0, 0.1) is 0 Å². The molecule has 0 saturated carbocycles. The number of aliphatic hydroxyl groups is 1. The van der Waals surface area contributed by atoms with E-state index in [0.29, 0.717) is 5.69 Å². The van der Waals surface area contributed by atoms with E-state index in [9.17, 15) is 4.39 Å². The molecule has 0 radical (unpaired) electrons. The van der Waals surface area contributed by atoms with Crippen LogP contribution in [0.15, 0.2) is 42.6 Å². The van der Waals surface area contributed by atoms with Gasteiger partial charge in [0, 0.05) is 17.8 Å². The molecule has 4 heteroatoms. The number of halogens is 1. The fourth-order valence-corrected chi connectivity index (χ4v) is 2.05. The molecule has 0 bridgehead atoms. The Balaban J connectivity index is 2.18. The number of benzene rings is 1. The summed E-state index contributed by atoms with van der Waals surface area (Å²) in [5.74, 6) is -0.0102. The number of hydrogen-bond acceptors (Lipinski definition) is 3. The van der Waals surface area contributed by atoms with Gasteiger partial charge >= 0.3 is 0 Å². The molecule has 2 rings (SSSR count). The van der Waals surface area contributed by atoms with Crippen molar-refractivity contribution in [3.63, 3.8) is 0 Å². The molecule has 2 aromatic rings. The first kappa shape index (κ1) is 14.6. The Morgan fingerprint density at radius 2 is 1.80 bits per heavy atom. The molecule has 0 aliphatic rings. The van der Waals surface area contributed by atoms with Gasteiger partial charge in [0.2, 0.25) is 0 Å². The Morgan fingerprint density at radius 3 is 2.30 bits per heavy atom. The molecular weight excluding hydrogens is 255 g/mol. The maximum Gasteiger partial charge on any atom is 0.105 e. The van der Waals surface area contributed by atoms with Gasteiger partial charge in [0.15, 0.2) is 0 Å². The highest BCUT2D eigenvalue weighted by Gasteiger charge is 2.14. The third-order valence-electron chi connectivity index (χ3n) is 3.58. The summed E-state index contributed by atoms with van der Waals surface area (Å²) < 4.78 is 12.6. The van der Waals surface area contributed by atoms with Crippen molar-refractivity contribution < 1.29 is 9.50 Å². The van der Waals surface area contributed by atoms with Gasteiger partial charge in [-0.15, -0.1) is 0 Å². The molecule has 20 heavy (non-hydrogen) atoms. The monoisotopic (exact) mass is 274 g/mol. The van der Waals surface area contributed by atoms with Crippen LogP contribution in [-0.4, -0.2) is 22.8 Å². The highest BCUT2D eigenvalue weighted by molar-refractivity contribution is 5.62. The SMILES string of the molecule is C[C@H](c1ccc(-c2ccc(CO)nc2)cc1)[C@H](N)CF. The topological polar surface area (TPSA) is 59.1 Å². The lowest BCUT2D eigenvalue weighted by molar-refractivity contribution is 0.277. The van der Waals surface area contributed by atoms with E-state index in [4.69, 9.17) is 10.8 Å². The minimum atomic E-state index is -0.518. The van der Waals surface area contributed by atoms with Gasteiger partial charge in [-0.2, -0.15) is 0 Å². The Hall–Kier alpha value is -1.78. The van der Waals surface area contributed by atoms with E-state index in [1.807, 2.05) is 37.3 Å². The van der Waals surface area contributed by atoms with E-state index in [1.165, 1.54) is 0 Å². The largest absolute Gasteiger partial charge is 0.390 e. The van der Waals surface area contributed by atoms with Gasteiger partial charge in [0.25, 0.3) is 0 Å². The maximum absolute atomic E-state index is 12.6. The molecule has 0 unspecified atom stereocenters. The normalized spacial score (nSPS) is 14.0. The van der Waals surface area contributed by atoms with Gasteiger partial charge in [-0.3, -0.25) is 4.98 Å². The van der Waals surface area contributed by atoms with Crippen LogP contribution in [0.5, 0.6) is 0 Å². The van der Waals surface area contributed by atoms with Crippen LogP contribution in [0.3, 0.4) is 0 Å². The standard InChI is InChI=1S/C16H19FN2O/c1-11(16(18)8-17)12-2-4-13(5-3-12)14-6-7-15(10-20)19-9-14/h2-7,9,11,16,20H,8,10,18H2,1H3/t11-,16-/m1/s1. The summed E-state index contributed by atoms with van der Waals surface area (Å²) in [6.45, 7) is 1.35. The number of hydrogen-bond donors (Lipinski definition) is 2. The molecule has 2 atom stereocenters. The Bertz CT molecular complexity index is 539. The second-order valence-corrected chi connectivity index (χ2v) is 4.93. The van der Waals surface area contributed by atoms with Gasteiger partial charge < -0.3 is 10.8 Å². The summed E-state index contributed by atoms with van der Waals surface area (Å²) >= 11 is 0. The molecule has 0 amide bonds. The summed E-state index contributed by atoms with van der Waals surface area (Å²) in [4.78, 5) is 4.15. The quantitative estimate of drug-likeness (QED) is 0.881. The molecule has 0 aliphatic carbocycles. The zero-order chi connectivity index (χ0) is 14.5. The first-order valence-electron chi connectivity index (χ1n) is 6.63. The zero-order valence-electron chi connectivity index (χ0n) is 11.5. The van der Waals surface area contributed by atoms with Gasteiger partial charge in [0.1, 0.15) is 6.67 Å². The lowest BCUT2D eigenvalue weighted by Gasteiger charge is -2.17. The first-order chi connectivity index (χ1) is 9.65. The molecule has 0 fully saturated rings. The summed E-state index contributed by atoms with van der Waals surface area (Å²) in [6.07, 6.45) is 1.73. The van der Waals surface area contributed by atoms with Crippen LogP contribution in [0.1, 0.15) is 24.1 Å². The van der Waals surface area contributed by atoms with Crippen molar-refractivity contribution in [2.24, 2.45) is 5.73 Å². The predicted octanol–water partition coefficient (Wildman–Crippen LogP) is 2.64. The highest BCUT2D eigenvalue weighted by atomic mass is 19.1. The van der Waals surface area contributed by atoms with E-state index in [0.717, 1.165) is 16.7 Å². The van der Waals surface area contributed by atoms with E-state index >= 15 is 0 Å². The molecule has 1 aromatic heterocycles. The predicted molar refractivity (Wildman–Crippen MR) is 78.0 cm³/mol. The average Bonchev–Trinajstić information content (AvgIpc) is 2.53. The number of aliphatic hydroxyl groups excluding tert-OH is 1. The summed E-state index contributed by atoms with van der Waals surface area (Å²) in [5.41, 5.74) is 9.41. The summed E-state index contributed by atoms with van der Waals surface area (Å²) in [7, 11) is 0. The summed E-state index contributed by atoms with van der Waals surface area (Å²) in [6, 6.07) is 11.1. The molecular formula is C16H19FN2O. The number of nitrogens with two attached hydrogens (primary N) is 1. The van der Waals surface area contributed by atoms with Crippen LogP contribution in [0.2, 0.25) is 0 Å². The van der Waals surface area contributed by atoms with Crippen molar-refractivity contribution in [1.29, 1.82) is 0 Å². The second-order valence-electron chi connectivity index (χ2n) is 4.93. The van der Waals surface area contributed by atoms with E-state index in [1.54, 1.807) is 12.3 Å². The molecule has 0 saturated heterocycles. The lowest BCUT2D eigenvalue weighted by Crippen LogP contribution is -2.28. The van der Waals surface area contributed by atoms with Crippen molar-refractivity contribution in [2.75, 3.05) is 6.67 Å². The van der Waals surface area contributed by atoms with Crippen molar-refractivity contribution >= 4 is 0 Å². The highest BCUT2D eigenvalue weighted by Crippen LogP contribution is 2.24. The molecule has 0 aliphatic heterocycles. The average molecular weight is 274 g/mol. The fraction of sp³-hybridized carbons (Fsp3) is 0.312. The zero-order valence-corrected chi connectivity index (χ0v) is 11.5. The molecule has 1 heterocycles. The lowest BCUT2D eigenvalue weighted by atomic mass is 9.93. The van der Waals surface area contributed by atoms with Gasteiger partial charge in [0.05, 0.1) is 12.3 Å². The first-order valence-corrected chi connectivity index (χ1v) is 6.63. The number of nitrogens with zero attached hydrogens (tertiary/aromatic N) is 1. The van der Waals surface area contributed by atoms with Crippen molar-refractivity contribution in [3.8, 4) is 11.1 Å².